The van der Waals surface area contributed by atoms with Crippen LogP contribution in [0.5, 0.6) is 5.75 Å². The van der Waals surface area contributed by atoms with E-state index in [1.165, 1.54) is 24.3 Å². The second-order valence-electron chi connectivity index (χ2n) is 5.50. The molecule has 0 saturated heterocycles. The molecule has 0 saturated carbocycles. The number of halogens is 3. The molecular formula is C18H16F3NO4. The highest BCUT2D eigenvalue weighted by Gasteiger charge is 2.30. The fourth-order valence-corrected chi connectivity index (χ4v) is 2.40. The van der Waals surface area contributed by atoms with Crippen molar-refractivity contribution in [3.8, 4) is 5.75 Å². The Morgan fingerprint density at radius 1 is 1.19 bits per heavy atom. The Morgan fingerprint density at radius 2 is 1.88 bits per heavy atom. The van der Waals surface area contributed by atoms with Gasteiger partial charge >= 0.3 is 12.1 Å². The van der Waals surface area contributed by atoms with Gasteiger partial charge in [0.1, 0.15) is 12.4 Å². The van der Waals surface area contributed by atoms with Crippen LogP contribution in [0.1, 0.15) is 45.2 Å². The van der Waals surface area contributed by atoms with Gasteiger partial charge in [0.25, 0.3) is 0 Å². The summed E-state index contributed by atoms with van der Waals surface area (Å²) in [6.07, 6.45) is -4.41. The van der Waals surface area contributed by atoms with E-state index >= 15 is 0 Å². The lowest BCUT2D eigenvalue weighted by Crippen LogP contribution is -2.13. The van der Waals surface area contributed by atoms with Crippen molar-refractivity contribution in [1.82, 2.24) is 0 Å². The Bertz CT molecular complexity index is 847. The number of hydrogen-bond donors (Lipinski definition) is 2. The number of nitrogens with two attached hydrogens (primary N) is 1. The SMILES string of the molecule is CCC(=O)c1c(N)cc(COc2cccc(C(F)(F)F)c2)cc1C(=O)O. The smallest absolute Gasteiger partial charge is 0.416 e. The van der Waals surface area contributed by atoms with Gasteiger partial charge < -0.3 is 15.6 Å². The third kappa shape index (κ3) is 4.33. The summed E-state index contributed by atoms with van der Waals surface area (Å²) in [6.45, 7) is 1.38. The summed E-state index contributed by atoms with van der Waals surface area (Å²) in [5.74, 6) is -1.76. The van der Waals surface area contributed by atoms with Crippen LogP contribution in [0.3, 0.4) is 0 Å². The van der Waals surface area contributed by atoms with Crippen LogP contribution in [-0.4, -0.2) is 16.9 Å². The van der Waals surface area contributed by atoms with E-state index in [1.807, 2.05) is 0 Å². The number of nitrogen functional groups attached to an aromatic ring is 1. The number of anilines is 1. The Hall–Kier alpha value is -3.03. The highest BCUT2D eigenvalue weighted by molar-refractivity contribution is 6.09. The number of aromatic carboxylic acids is 1. The number of carbonyl (C=O) groups excluding carboxylic acids is 1. The minimum atomic E-state index is -4.50. The maximum atomic E-state index is 12.7. The number of ether oxygens (including phenoxy) is 1. The first kappa shape index (κ1) is 19.3. The molecule has 0 aliphatic heterocycles. The van der Waals surface area contributed by atoms with Crippen molar-refractivity contribution < 1.29 is 32.6 Å². The predicted octanol–water partition coefficient (Wildman–Crippen LogP) is 4.16. The molecule has 3 N–H and O–H groups in total. The van der Waals surface area contributed by atoms with Crippen molar-refractivity contribution in [2.75, 3.05) is 5.73 Å². The molecule has 8 heteroatoms. The monoisotopic (exact) mass is 367 g/mol. The van der Waals surface area contributed by atoms with Crippen LogP contribution >= 0.6 is 0 Å². The molecule has 0 aliphatic rings. The molecule has 0 fully saturated rings. The Kier molecular flexibility index (Phi) is 5.54. The summed E-state index contributed by atoms with van der Waals surface area (Å²) < 4.78 is 43.4. The van der Waals surface area contributed by atoms with Crippen LogP contribution in [0.2, 0.25) is 0 Å². The normalized spacial score (nSPS) is 11.2. The Morgan fingerprint density at radius 3 is 2.46 bits per heavy atom. The third-order valence-corrected chi connectivity index (χ3v) is 3.63. The number of Topliss-reactive ketones (excluding diaryl/α,β-unsaturated/α-hetero) is 1. The van der Waals surface area contributed by atoms with Crippen molar-refractivity contribution in [3.05, 3.63) is 58.7 Å². The van der Waals surface area contributed by atoms with Gasteiger partial charge in [-0.3, -0.25) is 4.79 Å². The van der Waals surface area contributed by atoms with Crippen molar-refractivity contribution >= 4 is 17.4 Å². The van der Waals surface area contributed by atoms with E-state index in [4.69, 9.17) is 10.5 Å². The molecule has 0 aliphatic carbocycles. The van der Waals surface area contributed by atoms with E-state index in [9.17, 15) is 27.9 Å². The summed E-state index contributed by atoms with van der Waals surface area (Å²) in [5, 5.41) is 9.30. The minimum absolute atomic E-state index is 0.0145. The number of hydrogen-bond acceptors (Lipinski definition) is 4. The second-order valence-corrected chi connectivity index (χ2v) is 5.50. The zero-order valence-electron chi connectivity index (χ0n) is 13.8. The van der Waals surface area contributed by atoms with Crippen LogP contribution in [0, 0.1) is 0 Å². The lowest BCUT2D eigenvalue weighted by atomic mass is 9.97. The highest BCUT2D eigenvalue weighted by Crippen LogP contribution is 2.31. The molecule has 0 heterocycles. The lowest BCUT2D eigenvalue weighted by molar-refractivity contribution is -0.137. The number of benzene rings is 2. The maximum Gasteiger partial charge on any atom is 0.416 e. The predicted molar refractivity (Wildman–Crippen MR) is 88.2 cm³/mol. The van der Waals surface area contributed by atoms with E-state index in [0.29, 0.717) is 5.56 Å². The molecule has 0 spiro atoms. The molecule has 26 heavy (non-hydrogen) atoms. The first-order chi connectivity index (χ1) is 12.1. The summed E-state index contributed by atoms with van der Waals surface area (Å²) in [4.78, 5) is 23.3. The fourth-order valence-electron chi connectivity index (χ4n) is 2.40. The van der Waals surface area contributed by atoms with Gasteiger partial charge in [0.05, 0.1) is 16.7 Å². The van der Waals surface area contributed by atoms with E-state index < -0.39 is 23.5 Å². The van der Waals surface area contributed by atoms with E-state index in [0.717, 1.165) is 12.1 Å². The molecule has 0 aromatic heterocycles. The molecule has 5 nitrogen and oxygen atoms in total. The Labute approximate surface area is 147 Å². The number of rotatable bonds is 6. The van der Waals surface area contributed by atoms with Crippen molar-refractivity contribution in [3.63, 3.8) is 0 Å². The maximum absolute atomic E-state index is 12.7. The topological polar surface area (TPSA) is 89.6 Å². The highest BCUT2D eigenvalue weighted by atomic mass is 19.4. The third-order valence-electron chi connectivity index (χ3n) is 3.63. The molecule has 0 unspecified atom stereocenters. The van der Waals surface area contributed by atoms with Gasteiger partial charge in [0.15, 0.2) is 5.78 Å². The van der Waals surface area contributed by atoms with Gasteiger partial charge in [-0.25, -0.2) is 4.79 Å². The van der Waals surface area contributed by atoms with Crippen molar-refractivity contribution in [1.29, 1.82) is 0 Å². The van der Waals surface area contributed by atoms with Crippen LogP contribution in [-0.2, 0) is 12.8 Å². The summed E-state index contributed by atoms with van der Waals surface area (Å²) >= 11 is 0. The van der Waals surface area contributed by atoms with Gasteiger partial charge in [-0.2, -0.15) is 13.2 Å². The van der Waals surface area contributed by atoms with Crippen LogP contribution < -0.4 is 10.5 Å². The number of carboxylic acid groups (broad SMARTS) is 1. The zero-order valence-corrected chi connectivity index (χ0v) is 13.8. The first-order valence-corrected chi connectivity index (χ1v) is 7.62. The van der Waals surface area contributed by atoms with Gasteiger partial charge in [-0.1, -0.05) is 13.0 Å². The second kappa shape index (κ2) is 7.47. The van der Waals surface area contributed by atoms with Gasteiger partial charge in [0.2, 0.25) is 0 Å². The standard InChI is InChI=1S/C18H16F3NO4/c1-2-15(23)16-13(17(24)25)6-10(7-14(16)22)9-26-12-5-3-4-11(8-12)18(19,20)21/h3-8H,2,9,22H2,1H3,(H,24,25). The number of alkyl halides is 3. The van der Waals surface area contributed by atoms with Gasteiger partial charge in [0, 0.05) is 12.1 Å². The van der Waals surface area contributed by atoms with Gasteiger partial charge in [-0.05, 0) is 35.9 Å². The molecule has 2 aromatic carbocycles. The molecule has 0 bridgehead atoms. The van der Waals surface area contributed by atoms with Crippen LogP contribution in [0.15, 0.2) is 36.4 Å². The number of carbonyl (C=O) groups is 2. The summed E-state index contributed by atoms with van der Waals surface area (Å²) in [6, 6.07) is 6.93. The number of carboxylic acids is 1. The molecule has 2 rings (SSSR count). The molecule has 0 radical (unpaired) electrons. The molecule has 138 valence electrons. The molecule has 2 aromatic rings. The van der Waals surface area contributed by atoms with Crippen molar-refractivity contribution in [2.24, 2.45) is 0 Å². The largest absolute Gasteiger partial charge is 0.489 e. The van der Waals surface area contributed by atoms with Crippen molar-refractivity contribution in [2.45, 2.75) is 26.1 Å². The average Bonchev–Trinajstić information content (AvgIpc) is 2.58. The first-order valence-electron chi connectivity index (χ1n) is 7.62. The van der Waals surface area contributed by atoms with Crippen LogP contribution in [0.25, 0.3) is 0 Å². The van der Waals surface area contributed by atoms with Crippen LogP contribution in [0.4, 0.5) is 18.9 Å². The summed E-state index contributed by atoms with van der Waals surface area (Å²) in [5.41, 5.74) is 4.91. The fraction of sp³-hybridized carbons (Fsp3) is 0.222. The van der Waals surface area contributed by atoms with E-state index in [2.05, 4.69) is 0 Å². The Balaban J connectivity index is 2.28. The number of ketones is 1. The molecule has 0 amide bonds. The van der Waals surface area contributed by atoms with E-state index in [1.54, 1.807) is 6.92 Å². The minimum Gasteiger partial charge on any atom is -0.489 e. The lowest BCUT2D eigenvalue weighted by Gasteiger charge is -2.13. The average molecular weight is 367 g/mol. The van der Waals surface area contributed by atoms with Gasteiger partial charge in [-0.15, -0.1) is 0 Å². The molecule has 0 atom stereocenters. The quantitative estimate of drug-likeness (QED) is 0.591. The summed E-state index contributed by atoms with van der Waals surface area (Å²) in [7, 11) is 0. The zero-order chi connectivity index (χ0) is 19.5. The molecular weight excluding hydrogens is 351 g/mol. The van der Waals surface area contributed by atoms with E-state index in [-0.39, 0.29) is 35.6 Å².